The first kappa shape index (κ1) is 53.2. The first-order chi connectivity index (χ1) is 73.2. The highest BCUT2D eigenvalue weighted by Gasteiger charge is 2.47. The Morgan fingerprint density at radius 3 is 0.875 bits per heavy atom. The Balaban J connectivity index is 0.000000238. The van der Waals surface area contributed by atoms with Crippen LogP contribution in [0.1, 0.15) is 288 Å². The van der Waals surface area contributed by atoms with Gasteiger partial charge in [0.05, 0.1) is 77.3 Å². The summed E-state index contributed by atoms with van der Waals surface area (Å²) in [6.45, 7) is -9.65. The van der Waals surface area contributed by atoms with Gasteiger partial charge in [0, 0.05) is 163 Å². The van der Waals surface area contributed by atoms with Gasteiger partial charge in [0.2, 0.25) is 0 Å². The van der Waals surface area contributed by atoms with Crippen molar-refractivity contribution >= 4 is 23.9 Å². The van der Waals surface area contributed by atoms with Gasteiger partial charge in [-0.3, -0.25) is 38.8 Å². The third-order valence-corrected chi connectivity index (χ3v) is 23.0. The molecular weight excluding hydrogens is 1520 g/mol. The molecule has 0 spiro atoms. The third kappa shape index (κ3) is 23.8. The third-order valence-electron chi connectivity index (χ3n) is 23.0. The number of hydrogen-bond donors (Lipinski definition) is 4. The van der Waals surface area contributed by atoms with E-state index in [1.165, 1.54) is 66.9 Å². The fraction of sp³-hybridized carbons (Fsp3) is 0.708. The molecule has 24 nitrogen and oxygen atoms in total. The zero-order valence-corrected chi connectivity index (χ0v) is 71.3. The maximum absolute atomic E-state index is 13.4. The molecule has 12 rings (SSSR count). The van der Waals surface area contributed by atoms with Crippen LogP contribution in [0, 0.1) is 70.9 Å². The molecule has 24 heteroatoms. The van der Waals surface area contributed by atoms with Crippen molar-refractivity contribution in [2.24, 2.45) is 93.9 Å². The van der Waals surface area contributed by atoms with Crippen LogP contribution in [-0.2, 0) is 63.8 Å². The molecule has 4 aromatic rings. The summed E-state index contributed by atoms with van der Waals surface area (Å²) in [5.41, 5.74) is 28.2. The second-order valence-electron chi connectivity index (χ2n) is 33.1. The number of piperidine rings is 4. The molecule has 8 aliphatic heterocycles. The zero-order chi connectivity index (χ0) is 124. The standard InChI is InChI=1S/4C24H38N2O4/c4*1-14(2)9-17-13-26-8-7-16-10-21(28-5)22(29-6)11-18(16)19(26)12-20(17)30-24(27)23(25)15(3)4/h4*10-11,14-15,17,19-20,23H,7-9,12-13,25H2,1-6H3/t4*17?,19?,20?,23-/m0000/s1/i3D3,4D3,15D,19D,20D,23D;2*3D3,4D3,5D3,15D,19D,23D;3D3,4D3,19D,23D. The lowest BCUT2D eigenvalue weighted by Gasteiger charge is -2.47. The van der Waals surface area contributed by atoms with Crippen molar-refractivity contribution in [1.82, 2.24) is 19.6 Å². The molecular formula is C96H152N8O16. The van der Waals surface area contributed by atoms with Gasteiger partial charge in [0.1, 0.15) is 48.5 Å². The van der Waals surface area contributed by atoms with Crippen LogP contribution < -0.4 is 60.8 Å². The zero-order valence-electron chi connectivity index (χ0n) is 113. The number of rotatable bonds is 28. The number of nitrogens with zero attached hydrogens (tertiary/aromatic N) is 4. The van der Waals surface area contributed by atoms with E-state index in [4.69, 9.17) is 130 Å². The van der Waals surface area contributed by atoms with Crippen molar-refractivity contribution < 1.29 is 134 Å². The first-order valence-corrected chi connectivity index (χ1v) is 40.6. The summed E-state index contributed by atoms with van der Waals surface area (Å²) in [4.78, 5) is 61.1. The lowest BCUT2D eigenvalue weighted by Crippen LogP contribution is -2.51. The minimum atomic E-state index is -3.76. The predicted octanol–water partition coefficient (Wildman–Crippen LogP) is 14.3. The van der Waals surface area contributed by atoms with E-state index in [0.29, 0.717) is 140 Å². The van der Waals surface area contributed by atoms with E-state index in [-0.39, 0.29) is 103 Å². The van der Waals surface area contributed by atoms with E-state index >= 15 is 0 Å². The summed E-state index contributed by atoms with van der Waals surface area (Å²) in [6.07, 6.45) is -1.69. The lowest BCUT2D eigenvalue weighted by molar-refractivity contribution is -0.161. The van der Waals surface area contributed by atoms with E-state index in [0.717, 1.165) is 11.1 Å². The van der Waals surface area contributed by atoms with Gasteiger partial charge in [-0.05, 0) is 192 Å². The summed E-state index contributed by atoms with van der Waals surface area (Å²) in [7, 11) is 3.16. The summed E-state index contributed by atoms with van der Waals surface area (Å²) in [6, 6.07) is -6.57. The highest BCUT2D eigenvalue weighted by atomic mass is 16.6. The Bertz CT molecular complexity index is 5640. The fourth-order valence-electron chi connectivity index (χ4n) is 17.4. The van der Waals surface area contributed by atoms with Crippen molar-refractivity contribution in [2.45, 2.75) is 260 Å². The van der Waals surface area contributed by atoms with Crippen LogP contribution in [0.15, 0.2) is 48.5 Å². The number of carbonyl (C=O) groups is 4. The maximum atomic E-state index is 13.4. The largest absolute Gasteiger partial charge is 0.493 e. The van der Waals surface area contributed by atoms with Crippen LogP contribution in [0.5, 0.6) is 46.0 Å². The number of carbonyl (C=O) groups excluding carboxylic acids is 4. The molecule has 0 aromatic heterocycles. The number of fused-ring (bicyclic) bond motifs is 12. The summed E-state index contributed by atoms with van der Waals surface area (Å²) in [5.74, 6) is -19.5. The number of methoxy groups -OCH3 is 8. The highest BCUT2D eigenvalue weighted by Crippen LogP contribution is 2.50. The molecule has 120 heavy (non-hydrogen) atoms. The van der Waals surface area contributed by atoms with Crippen molar-refractivity contribution in [3.8, 4) is 46.0 Å². The summed E-state index contributed by atoms with van der Waals surface area (Å²) in [5, 5.41) is 0. The van der Waals surface area contributed by atoms with E-state index in [1.54, 1.807) is 18.2 Å². The number of esters is 4. The van der Waals surface area contributed by atoms with Gasteiger partial charge in [-0.25, -0.2) is 0 Å². The van der Waals surface area contributed by atoms with Crippen molar-refractivity contribution in [3.05, 3.63) is 93.0 Å². The second-order valence-corrected chi connectivity index (χ2v) is 33.1. The minimum absolute atomic E-state index is 0.0204. The molecule has 672 valence electrons. The quantitative estimate of drug-likeness (QED) is 0.0303. The van der Waals surface area contributed by atoms with Crippen LogP contribution in [0.25, 0.3) is 0 Å². The van der Waals surface area contributed by atoms with Crippen LogP contribution >= 0.6 is 0 Å². The SMILES string of the molecule is [2H]C([2H])([2H])C(C([2H])([2H])[2H])[C@]([2H])(N)C(=O)OC1CC2([2H])c3cc(OC)c(OC)cc3CCN2CC1CC(C)C.[2H]C([2H])([2H])Oc1cc2c(cc1OC)C1([2H])CC(OC(=O)[C@@]([2H])(N)C([2H])(C([2H])([2H])[2H])C([2H])([2H])[2H])C(CC(C)C)CN1CC2.[2H]C([2H])([2H])Oc1cc2c(cc1OC)C1([2H])CC(OC(=O)[C@@]([2H])(N)C([2H])(C([2H])([2H])[2H])C([2H])([2H])[2H])C(CC(C)C)CN1CC2.[2H]C1(OC(=O)[C@@]([2H])(N)C([2H])(C([2H])([2H])[2H])C([2H])([2H])[2H])CC2([2H])c3cc(OC)c(OC)cc3CCN2CC1CC(C)C. The van der Waals surface area contributed by atoms with Gasteiger partial charge in [-0.1, -0.05) is 110 Å². The molecule has 8 heterocycles. The minimum Gasteiger partial charge on any atom is -0.493 e. The van der Waals surface area contributed by atoms with E-state index in [9.17, 15) is 26.0 Å². The Kier molecular flexibility index (Phi) is 19.5. The van der Waals surface area contributed by atoms with E-state index in [1.807, 2.05) is 81.1 Å². The maximum Gasteiger partial charge on any atom is 0.323 e. The van der Waals surface area contributed by atoms with E-state index < -0.39 is 201 Å². The number of nitrogens with two attached hydrogens (primary N) is 4. The second kappa shape index (κ2) is 43.9. The van der Waals surface area contributed by atoms with Gasteiger partial charge in [-0.2, -0.15) is 0 Å². The Labute approximate surface area is 777 Å². The van der Waals surface area contributed by atoms with Crippen molar-refractivity contribution in [2.75, 3.05) is 109 Å². The predicted molar refractivity (Wildman–Crippen MR) is 471 cm³/mol. The number of ether oxygens (including phenoxy) is 12. The molecule has 8 aliphatic rings. The molecule has 4 aromatic carbocycles. The number of benzene rings is 4. The van der Waals surface area contributed by atoms with Crippen molar-refractivity contribution in [1.29, 1.82) is 0 Å². The van der Waals surface area contributed by atoms with Gasteiger partial charge in [-0.15, -0.1) is 0 Å². The molecule has 4 fully saturated rings. The Hall–Kier alpha value is -7.16. The van der Waals surface area contributed by atoms with Gasteiger partial charge < -0.3 is 79.8 Å². The van der Waals surface area contributed by atoms with Crippen molar-refractivity contribution in [3.63, 3.8) is 0 Å². The van der Waals surface area contributed by atoms with Crippen LogP contribution in [-0.4, -0.2) is 201 Å². The van der Waals surface area contributed by atoms with Gasteiger partial charge in [0.15, 0.2) is 46.0 Å². The average Bonchev–Trinajstić information content (AvgIpc) is 0.711. The molecule has 16 atom stereocenters. The molecule has 0 bridgehead atoms. The number of hydrogen-bond acceptors (Lipinski definition) is 24. The molecule has 12 unspecified atom stereocenters. The van der Waals surface area contributed by atoms with E-state index in [2.05, 4.69) is 0 Å². The molecule has 0 saturated carbocycles. The molecule has 8 N–H and O–H groups in total. The monoisotopic (exact) mass is 1720 g/mol. The fourth-order valence-corrected chi connectivity index (χ4v) is 17.4. The van der Waals surface area contributed by atoms with Crippen LogP contribution in [0.3, 0.4) is 0 Å². The highest BCUT2D eigenvalue weighted by molar-refractivity contribution is 5.77. The van der Waals surface area contributed by atoms with Gasteiger partial charge in [0.25, 0.3) is 0 Å². The normalized spacial score (nSPS) is 35.5. The van der Waals surface area contributed by atoms with Gasteiger partial charge >= 0.3 is 23.9 Å². The smallest absolute Gasteiger partial charge is 0.323 e. The molecule has 4 saturated heterocycles. The molecule has 0 amide bonds. The topological polar surface area (TPSA) is 296 Å². The average molecular weight is 1720 g/mol. The Morgan fingerprint density at radius 1 is 0.358 bits per heavy atom. The first-order valence-electron chi connectivity index (χ1n) is 61.6. The summed E-state index contributed by atoms with van der Waals surface area (Å²) < 4.78 is 400. The molecule has 0 aliphatic carbocycles. The van der Waals surface area contributed by atoms with Crippen LogP contribution in [0.4, 0.5) is 0 Å². The summed E-state index contributed by atoms with van der Waals surface area (Å²) >= 11 is 0. The lowest BCUT2D eigenvalue weighted by atomic mass is 9.79. The molecule has 0 radical (unpaired) electrons. The van der Waals surface area contributed by atoms with Crippen LogP contribution in [0.2, 0.25) is 0 Å². The Morgan fingerprint density at radius 2 is 0.608 bits per heavy atom.